The van der Waals surface area contributed by atoms with Gasteiger partial charge in [-0.05, 0) is 49.1 Å². The number of carbonyl (C=O) groups excluding carboxylic acids is 1. The molecule has 0 atom stereocenters. The molecule has 1 N–H and O–H groups in total. The fourth-order valence-electron chi connectivity index (χ4n) is 5.04. The Bertz CT molecular complexity index is 1330. The highest BCUT2D eigenvalue weighted by Crippen LogP contribution is 2.53. The molecule has 1 aliphatic heterocycles. The lowest BCUT2D eigenvalue weighted by atomic mass is 9.63. The lowest BCUT2D eigenvalue weighted by Crippen LogP contribution is -2.51. The highest BCUT2D eigenvalue weighted by molar-refractivity contribution is 7.90. The average molecular weight is 474 g/mol. The number of hydrogen-bond acceptors (Lipinski definition) is 5. The fraction of sp³-hybridized carbons (Fsp3) is 0.391. The molecule has 7 nitrogen and oxygen atoms in total. The van der Waals surface area contributed by atoms with Gasteiger partial charge in [0.15, 0.2) is 0 Å². The van der Waals surface area contributed by atoms with E-state index in [4.69, 9.17) is 16.6 Å². The summed E-state index contributed by atoms with van der Waals surface area (Å²) in [7, 11) is -3.08. The van der Waals surface area contributed by atoms with E-state index in [0.29, 0.717) is 42.2 Å². The van der Waals surface area contributed by atoms with Crippen LogP contribution >= 0.6 is 11.6 Å². The van der Waals surface area contributed by atoms with Gasteiger partial charge in [0.1, 0.15) is 15.7 Å². The summed E-state index contributed by atoms with van der Waals surface area (Å²) in [6, 6.07) is 13.2. The summed E-state index contributed by atoms with van der Waals surface area (Å²) >= 11 is 6.17. The number of aliphatic hydroxyl groups is 1. The van der Waals surface area contributed by atoms with Crippen LogP contribution < -0.4 is 4.90 Å². The Balaban J connectivity index is 1.52. The van der Waals surface area contributed by atoms with Gasteiger partial charge in [-0.15, -0.1) is 0 Å². The van der Waals surface area contributed by atoms with Crippen molar-refractivity contribution in [1.29, 1.82) is 0 Å². The van der Waals surface area contributed by atoms with E-state index in [-0.39, 0.29) is 18.2 Å². The number of amides is 1. The van der Waals surface area contributed by atoms with Gasteiger partial charge in [-0.25, -0.2) is 13.4 Å². The van der Waals surface area contributed by atoms with Crippen LogP contribution in [0.15, 0.2) is 42.5 Å². The minimum absolute atomic E-state index is 0.0169. The van der Waals surface area contributed by atoms with E-state index in [1.165, 1.54) is 6.26 Å². The van der Waals surface area contributed by atoms with E-state index < -0.39 is 21.4 Å². The third-order valence-electron chi connectivity index (χ3n) is 6.52. The number of aromatic nitrogens is 2. The van der Waals surface area contributed by atoms with Gasteiger partial charge in [-0.1, -0.05) is 29.8 Å². The van der Waals surface area contributed by atoms with Gasteiger partial charge in [-0.2, -0.15) is 0 Å². The summed E-state index contributed by atoms with van der Waals surface area (Å²) in [5, 5.41) is 10.5. The molecule has 1 fully saturated rings. The van der Waals surface area contributed by atoms with Crippen LogP contribution in [0.25, 0.3) is 11.0 Å². The maximum Gasteiger partial charge on any atom is 0.238 e. The summed E-state index contributed by atoms with van der Waals surface area (Å²) < 4.78 is 25.2. The van der Waals surface area contributed by atoms with Gasteiger partial charge in [0.25, 0.3) is 0 Å². The molecule has 0 unspecified atom stereocenters. The number of hydrogen-bond donors (Lipinski definition) is 1. The van der Waals surface area contributed by atoms with E-state index in [0.717, 1.165) is 16.8 Å². The molecule has 168 valence electrons. The molecule has 0 saturated heterocycles. The number of anilines is 1. The minimum atomic E-state index is -3.08. The molecule has 1 amide bonds. The largest absolute Gasteiger partial charge is 0.393 e. The number of halogens is 1. The topological polar surface area (TPSA) is 92.5 Å². The van der Waals surface area contributed by atoms with Crippen molar-refractivity contribution in [2.75, 3.05) is 16.9 Å². The Kier molecular flexibility index (Phi) is 5.07. The average Bonchev–Trinajstić information content (AvgIpc) is 3.15. The Hall–Kier alpha value is -2.42. The molecule has 1 saturated carbocycles. The van der Waals surface area contributed by atoms with Crippen molar-refractivity contribution in [2.24, 2.45) is 0 Å². The highest BCUT2D eigenvalue weighted by atomic mass is 35.5. The second kappa shape index (κ2) is 7.57. The van der Waals surface area contributed by atoms with Crippen LogP contribution in [0, 0.1) is 0 Å². The first-order valence-corrected chi connectivity index (χ1v) is 13.0. The highest BCUT2D eigenvalue weighted by Gasteiger charge is 2.58. The number of carbonyl (C=O) groups is 1. The lowest BCUT2D eigenvalue weighted by molar-refractivity contribution is -0.131. The summed E-state index contributed by atoms with van der Waals surface area (Å²) in [5.41, 5.74) is 2.70. The predicted octanol–water partition coefficient (Wildman–Crippen LogP) is 3.06. The van der Waals surface area contributed by atoms with Gasteiger partial charge < -0.3 is 14.6 Å². The SMILES string of the molecule is CS(=O)(=O)CCCn1c(CN2C(=O)C3(CC(O)C3)c3ccccc32)nc2cc(Cl)ccc21. The van der Waals surface area contributed by atoms with Crippen molar-refractivity contribution < 1.29 is 18.3 Å². The molecular weight excluding hydrogens is 450 g/mol. The molecule has 1 aliphatic carbocycles. The first kappa shape index (κ1) is 21.4. The van der Waals surface area contributed by atoms with E-state index in [1.54, 1.807) is 17.0 Å². The Morgan fingerprint density at radius 2 is 1.97 bits per heavy atom. The maximum atomic E-state index is 13.5. The van der Waals surface area contributed by atoms with Crippen molar-refractivity contribution in [3.63, 3.8) is 0 Å². The monoisotopic (exact) mass is 473 g/mol. The molecule has 1 aromatic heterocycles. The van der Waals surface area contributed by atoms with E-state index in [2.05, 4.69) is 0 Å². The van der Waals surface area contributed by atoms with E-state index >= 15 is 0 Å². The standard InChI is InChI=1S/C23H24ClN3O4S/c1-32(30,31)10-4-9-26-20-8-7-15(24)11-18(20)25-21(26)14-27-19-6-3-2-5-17(19)23(22(27)29)12-16(28)13-23/h2-3,5-8,11,16,28H,4,9-10,12-14H2,1H3. The Labute approximate surface area is 191 Å². The number of benzene rings is 2. The summed E-state index contributed by atoms with van der Waals surface area (Å²) in [6.07, 6.45) is 2.07. The quantitative estimate of drug-likeness (QED) is 0.594. The zero-order chi connectivity index (χ0) is 22.7. The van der Waals surface area contributed by atoms with Crippen molar-refractivity contribution in [3.05, 3.63) is 58.9 Å². The van der Waals surface area contributed by atoms with Crippen molar-refractivity contribution in [1.82, 2.24) is 9.55 Å². The van der Waals surface area contributed by atoms with Crippen LogP contribution in [0.4, 0.5) is 5.69 Å². The predicted molar refractivity (Wildman–Crippen MR) is 124 cm³/mol. The smallest absolute Gasteiger partial charge is 0.238 e. The van der Waals surface area contributed by atoms with Crippen molar-refractivity contribution in [3.8, 4) is 0 Å². The molecular formula is C23H24ClN3O4S. The third-order valence-corrected chi connectivity index (χ3v) is 7.78. The zero-order valence-electron chi connectivity index (χ0n) is 17.7. The molecule has 2 heterocycles. The van der Waals surface area contributed by atoms with Crippen LogP contribution in [-0.2, 0) is 33.1 Å². The van der Waals surface area contributed by atoms with Gasteiger partial charge in [0.2, 0.25) is 5.91 Å². The summed E-state index contributed by atoms with van der Waals surface area (Å²) in [4.78, 5) is 20.0. The molecule has 9 heteroatoms. The lowest BCUT2D eigenvalue weighted by Gasteiger charge is -2.41. The van der Waals surface area contributed by atoms with E-state index in [9.17, 15) is 18.3 Å². The molecule has 5 rings (SSSR count). The first-order chi connectivity index (χ1) is 15.2. The number of imidazole rings is 1. The second-order valence-corrected chi connectivity index (χ2v) is 11.5. The minimum Gasteiger partial charge on any atom is -0.393 e. The molecule has 2 aliphatic rings. The third kappa shape index (κ3) is 3.50. The maximum absolute atomic E-state index is 13.5. The molecule has 2 aromatic carbocycles. The van der Waals surface area contributed by atoms with Crippen LogP contribution in [0.5, 0.6) is 0 Å². The van der Waals surface area contributed by atoms with Crippen molar-refractivity contribution in [2.45, 2.75) is 43.9 Å². The van der Waals surface area contributed by atoms with Gasteiger partial charge in [-0.3, -0.25) is 4.79 Å². The normalized spacial score (nSPS) is 22.5. The number of para-hydroxylation sites is 1. The second-order valence-electron chi connectivity index (χ2n) is 8.85. The van der Waals surface area contributed by atoms with Gasteiger partial charge in [0.05, 0.1) is 34.8 Å². The number of aliphatic hydroxyl groups excluding tert-OH is 1. The van der Waals surface area contributed by atoms with Crippen LogP contribution in [0.3, 0.4) is 0 Å². The fourth-order valence-corrected chi connectivity index (χ4v) is 5.86. The number of fused-ring (bicyclic) bond motifs is 3. The summed E-state index contributed by atoms with van der Waals surface area (Å²) in [5.74, 6) is 0.735. The number of aryl methyl sites for hydroxylation is 1. The molecule has 32 heavy (non-hydrogen) atoms. The van der Waals surface area contributed by atoms with Gasteiger partial charge in [0, 0.05) is 23.5 Å². The molecule has 0 bridgehead atoms. The Morgan fingerprint density at radius 1 is 1.22 bits per heavy atom. The molecule has 1 spiro atoms. The van der Waals surface area contributed by atoms with Gasteiger partial charge >= 0.3 is 0 Å². The Morgan fingerprint density at radius 3 is 2.69 bits per heavy atom. The van der Waals surface area contributed by atoms with Crippen LogP contribution in [0.2, 0.25) is 5.02 Å². The first-order valence-electron chi connectivity index (χ1n) is 10.6. The van der Waals surface area contributed by atoms with E-state index in [1.807, 2.05) is 34.9 Å². The van der Waals surface area contributed by atoms with Crippen molar-refractivity contribution >= 4 is 44.1 Å². The summed E-state index contributed by atoms with van der Waals surface area (Å²) in [6.45, 7) is 0.729. The zero-order valence-corrected chi connectivity index (χ0v) is 19.2. The molecule has 0 radical (unpaired) electrons. The number of sulfone groups is 1. The number of nitrogens with zero attached hydrogens (tertiary/aromatic N) is 3. The molecule has 3 aromatic rings. The van der Waals surface area contributed by atoms with Crippen LogP contribution in [-0.4, -0.2) is 47.1 Å². The van der Waals surface area contributed by atoms with Crippen LogP contribution in [0.1, 0.15) is 30.7 Å². The number of rotatable bonds is 6.